The van der Waals surface area contributed by atoms with Crippen LogP contribution in [0, 0.1) is 23.2 Å². The Morgan fingerprint density at radius 3 is 2.62 bits per heavy atom. The third-order valence-electron chi connectivity index (χ3n) is 4.04. The minimum atomic E-state index is 0.602. The van der Waals surface area contributed by atoms with Crippen LogP contribution in [0.25, 0.3) is 0 Å². The zero-order valence-electron chi connectivity index (χ0n) is 13.3. The molecule has 0 spiro atoms. The molecule has 5 heteroatoms. The average molecular weight is 290 g/mol. The summed E-state index contributed by atoms with van der Waals surface area (Å²) in [5, 5.41) is 9.33. The molecule has 21 heavy (non-hydrogen) atoms. The Morgan fingerprint density at radius 2 is 2.05 bits per heavy atom. The highest BCUT2D eigenvalue weighted by Gasteiger charge is 2.26. The van der Waals surface area contributed by atoms with Gasteiger partial charge in [-0.3, -0.25) is 0 Å². The average Bonchev–Trinajstić information content (AvgIpc) is 2.74. The van der Waals surface area contributed by atoms with Gasteiger partial charge in [-0.15, -0.1) is 0 Å². The van der Waals surface area contributed by atoms with E-state index in [2.05, 4.69) is 24.8 Å². The molecule has 1 aromatic rings. The number of nitriles is 1. The summed E-state index contributed by atoms with van der Waals surface area (Å²) < 4.78 is 7.45. The smallest absolute Gasteiger partial charge is 0.133 e. The van der Waals surface area contributed by atoms with E-state index < -0.39 is 0 Å². The highest BCUT2D eigenvalue weighted by Crippen LogP contribution is 2.32. The second-order valence-corrected chi connectivity index (χ2v) is 6.12. The largest absolute Gasteiger partial charge is 0.396 e. The third-order valence-corrected chi connectivity index (χ3v) is 4.04. The lowest BCUT2D eigenvalue weighted by molar-refractivity contribution is 0.139. The Labute approximate surface area is 127 Å². The van der Waals surface area contributed by atoms with Crippen molar-refractivity contribution in [2.45, 2.75) is 33.7 Å². The van der Waals surface area contributed by atoms with Crippen LogP contribution in [-0.2, 0) is 11.3 Å². The molecule has 116 valence electrons. The molecule has 2 N–H and O–H groups in total. The summed E-state index contributed by atoms with van der Waals surface area (Å²) in [5.41, 5.74) is 7.51. The summed E-state index contributed by atoms with van der Waals surface area (Å²) in [5.74, 6) is 2.28. The predicted octanol–water partition coefficient (Wildman–Crippen LogP) is 2.46. The standard InChI is InChI=1S/C16H26N4O/c1-4-21-6-5-20-14(9-17)8-15(18)16(20)19-10-12(2)7-13(3)11-19/h8,12-13H,4-7,10-11,18H2,1-3H3/t12-,13+. The maximum Gasteiger partial charge on any atom is 0.133 e. The first-order valence-electron chi connectivity index (χ1n) is 7.78. The highest BCUT2D eigenvalue weighted by molar-refractivity contribution is 5.68. The number of nitrogen functional groups attached to an aromatic ring is 1. The summed E-state index contributed by atoms with van der Waals surface area (Å²) in [4.78, 5) is 2.33. The van der Waals surface area contributed by atoms with E-state index in [0.29, 0.717) is 43.0 Å². The van der Waals surface area contributed by atoms with Gasteiger partial charge < -0.3 is 19.9 Å². The Hall–Kier alpha value is -1.67. The van der Waals surface area contributed by atoms with Gasteiger partial charge in [0.2, 0.25) is 0 Å². The zero-order chi connectivity index (χ0) is 15.4. The van der Waals surface area contributed by atoms with Gasteiger partial charge in [-0.25, -0.2) is 0 Å². The van der Waals surface area contributed by atoms with E-state index in [-0.39, 0.29) is 0 Å². The van der Waals surface area contributed by atoms with Crippen molar-refractivity contribution in [3.8, 4) is 6.07 Å². The van der Waals surface area contributed by atoms with Crippen molar-refractivity contribution < 1.29 is 4.74 Å². The molecule has 0 bridgehead atoms. The van der Waals surface area contributed by atoms with Crippen LogP contribution in [0.2, 0.25) is 0 Å². The fourth-order valence-electron chi connectivity index (χ4n) is 3.37. The minimum Gasteiger partial charge on any atom is -0.396 e. The van der Waals surface area contributed by atoms with Gasteiger partial charge in [0.1, 0.15) is 17.6 Å². The zero-order valence-corrected chi connectivity index (χ0v) is 13.3. The molecule has 2 atom stereocenters. The first kappa shape index (κ1) is 15.7. The monoisotopic (exact) mass is 290 g/mol. The number of nitrogens with zero attached hydrogens (tertiary/aromatic N) is 3. The van der Waals surface area contributed by atoms with E-state index in [1.54, 1.807) is 6.07 Å². The quantitative estimate of drug-likeness (QED) is 0.846. The Morgan fingerprint density at radius 1 is 1.38 bits per heavy atom. The molecule has 1 saturated heterocycles. The molecule has 0 unspecified atom stereocenters. The number of hydrogen-bond acceptors (Lipinski definition) is 4. The number of hydrogen-bond donors (Lipinski definition) is 1. The van der Waals surface area contributed by atoms with Crippen molar-refractivity contribution in [1.82, 2.24) is 4.57 Å². The minimum absolute atomic E-state index is 0.602. The SMILES string of the molecule is CCOCCn1c(C#N)cc(N)c1N1C[C@H](C)C[C@H](C)C1. The van der Waals surface area contributed by atoms with Gasteiger partial charge in [0.25, 0.3) is 0 Å². The lowest BCUT2D eigenvalue weighted by atomic mass is 9.92. The van der Waals surface area contributed by atoms with Gasteiger partial charge in [0.05, 0.1) is 12.3 Å². The van der Waals surface area contributed by atoms with Gasteiger partial charge >= 0.3 is 0 Å². The summed E-state index contributed by atoms with van der Waals surface area (Å²) in [7, 11) is 0. The number of anilines is 2. The summed E-state index contributed by atoms with van der Waals surface area (Å²) >= 11 is 0. The number of ether oxygens (including phenoxy) is 1. The molecule has 0 aliphatic carbocycles. The highest BCUT2D eigenvalue weighted by atomic mass is 16.5. The first-order chi connectivity index (χ1) is 10.1. The Kier molecular flexibility index (Phi) is 5.13. The molecular weight excluding hydrogens is 264 g/mol. The molecule has 1 aliphatic rings. The molecule has 2 heterocycles. The molecule has 1 aliphatic heterocycles. The Bertz CT molecular complexity index is 507. The first-order valence-corrected chi connectivity index (χ1v) is 7.78. The topological polar surface area (TPSA) is 67.2 Å². The van der Waals surface area contributed by atoms with Gasteiger partial charge in [0, 0.05) is 26.2 Å². The predicted molar refractivity (Wildman–Crippen MR) is 85.2 cm³/mol. The van der Waals surface area contributed by atoms with Crippen molar-refractivity contribution >= 4 is 11.5 Å². The van der Waals surface area contributed by atoms with Crippen molar-refractivity contribution in [1.29, 1.82) is 5.26 Å². The molecule has 0 aromatic carbocycles. The molecule has 0 saturated carbocycles. The summed E-state index contributed by atoms with van der Waals surface area (Å²) in [6.07, 6.45) is 1.25. The lowest BCUT2D eigenvalue weighted by Crippen LogP contribution is -2.40. The summed E-state index contributed by atoms with van der Waals surface area (Å²) in [6.45, 7) is 10.5. The molecular formula is C16H26N4O. The number of nitrogens with two attached hydrogens (primary N) is 1. The van der Waals surface area contributed by atoms with Gasteiger partial charge in [0.15, 0.2) is 0 Å². The van der Waals surface area contributed by atoms with Gasteiger partial charge in [-0.1, -0.05) is 13.8 Å². The molecule has 1 fully saturated rings. The number of aromatic nitrogens is 1. The van der Waals surface area contributed by atoms with Crippen LogP contribution in [0.4, 0.5) is 11.5 Å². The number of rotatable bonds is 5. The van der Waals surface area contributed by atoms with E-state index in [9.17, 15) is 5.26 Å². The van der Waals surface area contributed by atoms with E-state index >= 15 is 0 Å². The van der Waals surface area contributed by atoms with Crippen LogP contribution in [0.3, 0.4) is 0 Å². The van der Waals surface area contributed by atoms with Crippen molar-refractivity contribution in [3.05, 3.63) is 11.8 Å². The van der Waals surface area contributed by atoms with Crippen LogP contribution < -0.4 is 10.6 Å². The van der Waals surface area contributed by atoms with Crippen LogP contribution in [0.5, 0.6) is 0 Å². The molecule has 0 radical (unpaired) electrons. The fourth-order valence-corrected chi connectivity index (χ4v) is 3.37. The maximum absolute atomic E-state index is 9.33. The molecule has 2 rings (SSSR count). The lowest BCUT2D eigenvalue weighted by Gasteiger charge is -2.37. The van der Waals surface area contributed by atoms with E-state index in [1.165, 1.54) is 6.42 Å². The van der Waals surface area contributed by atoms with Crippen LogP contribution >= 0.6 is 0 Å². The number of piperidine rings is 1. The molecule has 1 aromatic heterocycles. The van der Waals surface area contributed by atoms with Crippen molar-refractivity contribution in [2.24, 2.45) is 11.8 Å². The van der Waals surface area contributed by atoms with E-state index in [0.717, 1.165) is 18.9 Å². The Balaban J connectivity index is 2.28. The maximum atomic E-state index is 9.33. The van der Waals surface area contributed by atoms with Crippen LogP contribution in [-0.4, -0.2) is 30.9 Å². The fraction of sp³-hybridized carbons (Fsp3) is 0.688. The van der Waals surface area contributed by atoms with Gasteiger partial charge in [-0.2, -0.15) is 5.26 Å². The normalized spacial score (nSPS) is 22.3. The van der Waals surface area contributed by atoms with E-state index in [4.69, 9.17) is 10.5 Å². The van der Waals surface area contributed by atoms with Crippen LogP contribution in [0.15, 0.2) is 6.07 Å². The van der Waals surface area contributed by atoms with Crippen molar-refractivity contribution in [3.63, 3.8) is 0 Å². The summed E-state index contributed by atoms with van der Waals surface area (Å²) in [6, 6.07) is 4.03. The third kappa shape index (κ3) is 3.51. The van der Waals surface area contributed by atoms with Crippen LogP contribution in [0.1, 0.15) is 32.9 Å². The van der Waals surface area contributed by atoms with Crippen molar-refractivity contribution in [2.75, 3.05) is 36.9 Å². The van der Waals surface area contributed by atoms with E-state index in [1.807, 2.05) is 11.5 Å². The molecule has 5 nitrogen and oxygen atoms in total. The second kappa shape index (κ2) is 6.86. The second-order valence-electron chi connectivity index (χ2n) is 6.12. The molecule has 0 amide bonds. The van der Waals surface area contributed by atoms with Gasteiger partial charge in [-0.05, 0) is 31.2 Å².